The Kier molecular flexibility index (Phi) is 2.53. The Morgan fingerprint density at radius 2 is 1.43 bits per heavy atom. The minimum Gasteiger partial charge on any atom is -0.454 e. The normalized spacial score (nSPS) is 11.5. The summed E-state index contributed by atoms with van der Waals surface area (Å²) in [6.45, 7) is 0. The highest BCUT2D eigenvalue weighted by atomic mass is 16.3. The Bertz CT molecular complexity index is 1160. The lowest BCUT2D eigenvalue weighted by molar-refractivity contribution is 0.669. The first-order valence-electron chi connectivity index (χ1n) is 7.65. The minimum atomic E-state index is 0.851. The summed E-state index contributed by atoms with van der Waals surface area (Å²) in [5.41, 5.74) is 3.72. The second-order valence-electron chi connectivity index (χ2n) is 5.70. The number of hydrogen-bond donors (Lipinski definition) is 0. The second-order valence-corrected chi connectivity index (χ2v) is 5.70. The van der Waals surface area contributed by atoms with Gasteiger partial charge in [0, 0.05) is 22.5 Å². The highest BCUT2D eigenvalue weighted by Gasteiger charge is 2.13. The maximum atomic E-state index is 6.18. The molecule has 3 aromatic carbocycles. The number of nitrogens with zero attached hydrogens (tertiary/aromatic N) is 1. The van der Waals surface area contributed by atoms with Crippen molar-refractivity contribution in [3.8, 4) is 11.3 Å². The minimum absolute atomic E-state index is 0.851. The van der Waals surface area contributed by atoms with E-state index in [0.717, 1.165) is 33.2 Å². The predicted octanol–water partition coefficient (Wildman–Crippen LogP) is 5.80. The van der Waals surface area contributed by atoms with E-state index in [1.165, 1.54) is 10.8 Å². The molecule has 0 spiro atoms. The zero-order chi connectivity index (χ0) is 15.2. The molecule has 0 saturated heterocycles. The molecule has 0 radical (unpaired) electrons. The number of furan rings is 1. The number of rotatable bonds is 1. The maximum Gasteiger partial charge on any atom is 0.161 e. The third-order valence-electron chi connectivity index (χ3n) is 4.30. The van der Waals surface area contributed by atoms with Crippen molar-refractivity contribution in [3.63, 3.8) is 0 Å². The fourth-order valence-corrected chi connectivity index (χ4v) is 3.19. The zero-order valence-corrected chi connectivity index (χ0v) is 12.4. The molecule has 0 N–H and O–H groups in total. The molecule has 0 aliphatic rings. The molecule has 2 heterocycles. The molecule has 0 aliphatic heterocycles. The highest BCUT2D eigenvalue weighted by Crippen LogP contribution is 2.36. The van der Waals surface area contributed by atoms with Crippen molar-refractivity contribution in [2.75, 3.05) is 0 Å². The first-order chi connectivity index (χ1) is 11.4. The van der Waals surface area contributed by atoms with Gasteiger partial charge in [-0.3, -0.25) is 4.98 Å². The van der Waals surface area contributed by atoms with E-state index in [4.69, 9.17) is 4.42 Å². The van der Waals surface area contributed by atoms with E-state index in [9.17, 15) is 0 Å². The van der Waals surface area contributed by atoms with Gasteiger partial charge < -0.3 is 4.42 Å². The van der Waals surface area contributed by atoms with Crippen LogP contribution in [0, 0.1) is 0 Å². The van der Waals surface area contributed by atoms with E-state index < -0.39 is 0 Å². The van der Waals surface area contributed by atoms with Gasteiger partial charge in [-0.2, -0.15) is 0 Å². The SMILES string of the molecule is c1ccc(-c2nccc3c2oc2cc4ccccc4cc23)cc1. The summed E-state index contributed by atoms with van der Waals surface area (Å²) in [5, 5.41) is 4.66. The van der Waals surface area contributed by atoms with Crippen LogP contribution in [0.1, 0.15) is 0 Å². The summed E-state index contributed by atoms with van der Waals surface area (Å²) in [7, 11) is 0. The lowest BCUT2D eigenvalue weighted by Crippen LogP contribution is -1.82. The molecule has 0 aliphatic carbocycles. The van der Waals surface area contributed by atoms with Crippen LogP contribution in [0.15, 0.2) is 83.4 Å². The molecular weight excluding hydrogens is 282 g/mol. The van der Waals surface area contributed by atoms with Gasteiger partial charge in [-0.05, 0) is 29.0 Å². The summed E-state index contributed by atoms with van der Waals surface area (Å²) in [5.74, 6) is 0. The van der Waals surface area contributed by atoms with Crippen LogP contribution in [0.2, 0.25) is 0 Å². The van der Waals surface area contributed by atoms with Gasteiger partial charge in [0.15, 0.2) is 5.58 Å². The van der Waals surface area contributed by atoms with Gasteiger partial charge >= 0.3 is 0 Å². The first kappa shape index (κ1) is 12.4. The second kappa shape index (κ2) is 4.68. The van der Waals surface area contributed by atoms with Crippen LogP contribution in [-0.4, -0.2) is 4.98 Å². The lowest BCUT2D eigenvalue weighted by atomic mass is 10.1. The molecule has 0 bridgehead atoms. The van der Waals surface area contributed by atoms with Crippen LogP contribution in [0.4, 0.5) is 0 Å². The molecule has 2 nitrogen and oxygen atoms in total. The monoisotopic (exact) mass is 295 g/mol. The van der Waals surface area contributed by atoms with Crippen molar-refractivity contribution >= 4 is 32.7 Å². The van der Waals surface area contributed by atoms with Crippen molar-refractivity contribution in [2.24, 2.45) is 0 Å². The molecule has 2 aromatic heterocycles. The summed E-state index contributed by atoms with van der Waals surface area (Å²) < 4.78 is 6.18. The Labute approximate surface area is 133 Å². The van der Waals surface area contributed by atoms with Crippen LogP contribution in [-0.2, 0) is 0 Å². The Morgan fingerprint density at radius 1 is 0.696 bits per heavy atom. The van der Waals surface area contributed by atoms with Gasteiger partial charge in [-0.15, -0.1) is 0 Å². The van der Waals surface area contributed by atoms with E-state index >= 15 is 0 Å². The summed E-state index contributed by atoms with van der Waals surface area (Å²) in [6.07, 6.45) is 1.86. The average Bonchev–Trinajstić information content (AvgIpc) is 2.98. The summed E-state index contributed by atoms with van der Waals surface area (Å²) in [6, 6.07) is 24.9. The Morgan fingerprint density at radius 3 is 2.26 bits per heavy atom. The maximum absolute atomic E-state index is 6.18. The molecule has 23 heavy (non-hydrogen) atoms. The van der Waals surface area contributed by atoms with Crippen LogP contribution < -0.4 is 0 Å². The first-order valence-corrected chi connectivity index (χ1v) is 7.65. The molecular formula is C21H13NO. The largest absolute Gasteiger partial charge is 0.454 e. The van der Waals surface area contributed by atoms with Gasteiger partial charge in [0.25, 0.3) is 0 Å². The topological polar surface area (TPSA) is 26.0 Å². The number of fused-ring (bicyclic) bond motifs is 4. The van der Waals surface area contributed by atoms with Crippen LogP contribution in [0.3, 0.4) is 0 Å². The van der Waals surface area contributed by atoms with Crippen LogP contribution >= 0.6 is 0 Å². The molecule has 0 amide bonds. The fraction of sp³-hybridized carbons (Fsp3) is 0. The predicted molar refractivity (Wildman–Crippen MR) is 94.5 cm³/mol. The molecule has 5 aromatic rings. The summed E-state index contributed by atoms with van der Waals surface area (Å²) >= 11 is 0. The van der Waals surface area contributed by atoms with Crippen molar-refractivity contribution in [3.05, 3.63) is 79.0 Å². The Hall–Kier alpha value is -3.13. The molecule has 0 atom stereocenters. The number of pyridine rings is 1. The average molecular weight is 295 g/mol. The van der Waals surface area contributed by atoms with Gasteiger partial charge in [0.2, 0.25) is 0 Å². The smallest absolute Gasteiger partial charge is 0.161 e. The van der Waals surface area contributed by atoms with Gasteiger partial charge in [0.1, 0.15) is 11.3 Å². The number of aromatic nitrogens is 1. The van der Waals surface area contributed by atoms with Crippen molar-refractivity contribution in [1.29, 1.82) is 0 Å². The Balaban J connectivity index is 1.91. The quantitative estimate of drug-likeness (QED) is 0.390. The standard InChI is InChI=1S/C21H13NO/c1-2-6-14(7-3-1)20-21-17(10-11-22-20)18-12-15-8-4-5-9-16(15)13-19(18)23-21/h1-13H. The van der Waals surface area contributed by atoms with E-state index in [2.05, 4.69) is 47.4 Å². The van der Waals surface area contributed by atoms with E-state index in [0.29, 0.717) is 0 Å². The van der Waals surface area contributed by atoms with Crippen LogP contribution in [0.5, 0.6) is 0 Å². The summed E-state index contributed by atoms with van der Waals surface area (Å²) in [4.78, 5) is 4.55. The third-order valence-corrected chi connectivity index (χ3v) is 4.30. The zero-order valence-electron chi connectivity index (χ0n) is 12.4. The molecule has 0 unspecified atom stereocenters. The van der Waals surface area contributed by atoms with Crippen LogP contribution in [0.25, 0.3) is 44.0 Å². The molecule has 0 fully saturated rings. The highest BCUT2D eigenvalue weighted by molar-refractivity contribution is 6.12. The third kappa shape index (κ3) is 1.85. The van der Waals surface area contributed by atoms with Gasteiger partial charge in [0.05, 0.1) is 0 Å². The van der Waals surface area contributed by atoms with E-state index in [1.54, 1.807) is 0 Å². The van der Waals surface area contributed by atoms with Gasteiger partial charge in [-0.25, -0.2) is 0 Å². The molecule has 108 valence electrons. The molecule has 0 saturated carbocycles. The van der Waals surface area contributed by atoms with Crippen molar-refractivity contribution < 1.29 is 4.42 Å². The van der Waals surface area contributed by atoms with E-state index in [1.807, 2.05) is 36.5 Å². The molecule has 2 heteroatoms. The van der Waals surface area contributed by atoms with E-state index in [-0.39, 0.29) is 0 Å². The number of hydrogen-bond acceptors (Lipinski definition) is 2. The lowest BCUT2D eigenvalue weighted by Gasteiger charge is -2.00. The fourth-order valence-electron chi connectivity index (χ4n) is 3.19. The molecule has 5 rings (SSSR count). The van der Waals surface area contributed by atoms with Gasteiger partial charge in [-0.1, -0.05) is 54.6 Å². The van der Waals surface area contributed by atoms with Crippen molar-refractivity contribution in [2.45, 2.75) is 0 Å². The number of benzene rings is 3. The van der Waals surface area contributed by atoms with Crippen molar-refractivity contribution in [1.82, 2.24) is 4.98 Å².